The SMILES string of the molecule is c1ccc(-[b-]2ccco2)cc1. The predicted molar refractivity (Wildman–Crippen MR) is 46.0 cm³/mol. The van der Waals surface area contributed by atoms with Crippen LogP contribution in [0.3, 0.4) is 0 Å². The van der Waals surface area contributed by atoms with Crippen LogP contribution in [0.5, 0.6) is 0 Å². The van der Waals surface area contributed by atoms with Crippen LogP contribution in [-0.2, 0) is 0 Å². The van der Waals surface area contributed by atoms with E-state index >= 15 is 0 Å². The number of hydrogen-bond donors (Lipinski definition) is 0. The Balaban J connectivity index is 2.46. The lowest BCUT2D eigenvalue weighted by atomic mass is 9.73. The summed E-state index contributed by atoms with van der Waals surface area (Å²) in [7, 11) is 0. The predicted octanol–water partition coefficient (Wildman–Crippen LogP) is 2.29. The Morgan fingerprint density at radius 1 is 1.00 bits per heavy atom. The molecule has 0 aliphatic heterocycles. The second kappa shape index (κ2) is 2.75. The van der Waals surface area contributed by atoms with E-state index in [2.05, 4.69) is 12.1 Å². The summed E-state index contributed by atoms with van der Waals surface area (Å²) < 4.78 is 5.30. The topological polar surface area (TPSA) is 13.1 Å². The average molecular weight is 143 g/mol. The minimum Gasteiger partial charge on any atom is -0.723 e. The van der Waals surface area contributed by atoms with Crippen molar-refractivity contribution in [2.75, 3.05) is 0 Å². The van der Waals surface area contributed by atoms with Crippen LogP contribution in [0, 0.1) is 0 Å². The van der Waals surface area contributed by atoms with Crippen LogP contribution >= 0.6 is 0 Å². The van der Waals surface area contributed by atoms with Gasteiger partial charge < -0.3 is 4.33 Å². The van der Waals surface area contributed by atoms with Crippen molar-refractivity contribution >= 4 is 6.56 Å². The first kappa shape index (κ1) is 6.41. The molecule has 0 saturated carbocycles. The summed E-state index contributed by atoms with van der Waals surface area (Å²) in [6, 6.07) is 12.1. The maximum atomic E-state index is 5.30. The quantitative estimate of drug-likeness (QED) is 0.596. The van der Waals surface area contributed by atoms with Gasteiger partial charge in [-0.25, -0.2) is 5.96 Å². The fraction of sp³-hybridized carbons (Fsp3) is 0. The normalized spacial score (nSPS) is 9.82. The van der Waals surface area contributed by atoms with E-state index in [9.17, 15) is 0 Å². The molecule has 0 fully saturated rings. The molecule has 11 heavy (non-hydrogen) atoms. The second-order valence-corrected chi connectivity index (χ2v) is 2.49. The van der Waals surface area contributed by atoms with E-state index in [1.807, 2.05) is 30.2 Å². The van der Waals surface area contributed by atoms with Crippen LogP contribution in [0.1, 0.15) is 0 Å². The fourth-order valence-corrected chi connectivity index (χ4v) is 1.15. The summed E-state index contributed by atoms with van der Waals surface area (Å²) in [4.78, 5) is 0. The Labute approximate surface area is 65.8 Å². The zero-order valence-electron chi connectivity index (χ0n) is 6.10. The van der Waals surface area contributed by atoms with Crippen molar-refractivity contribution in [3.05, 3.63) is 48.6 Å². The monoisotopic (exact) mass is 143 g/mol. The van der Waals surface area contributed by atoms with E-state index in [1.54, 1.807) is 6.26 Å². The van der Waals surface area contributed by atoms with Crippen LogP contribution < -0.4 is 0 Å². The summed E-state index contributed by atoms with van der Waals surface area (Å²) in [5.41, 5.74) is 1.21. The highest BCUT2D eigenvalue weighted by Gasteiger charge is 1.84. The lowest BCUT2D eigenvalue weighted by Crippen LogP contribution is -1.88. The lowest BCUT2D eigenvalue weighted by Gasteiger charge is -2.04. The Morgan fingerprint density at radius 2 is 1.82 bits per heavy atom. The second-order valence-electron chi connectivity index (χ2n) is 2.49. The van der Waals surface area contributed by atoms with Crippen LogP contribution in [0.4, 0.5) is 0 Å². The number of benzene rings is 1. The van der Waals surface area contributed by atoms with Gasteiger partial charge in [0, 0.05) is 6.26 Å². The summed E-state index contributed by atoms with van der Waals surface area (Å²) in [5.74, 6) is 2.04. The molecule has 2 rings (SSSR count). The van der Waals surface area contributed by atoms with E-state index in [1.165, 1.54) is 5.46 Å². The summed E-state index contributed by atoms with van der Waals surface area (Å²) in [6.45, 7) is 0.135. The Morgan fingerprint density at radius 3 is 2.45 bits per heavy atom. The maximum absolute atomic E-state index is 5.30. The Hall–Kier alpha value is -1.31. The molecule has 0 aliphatic carbocycles. The van der Waals surface area contributed by atoms with Crippen molar-refractivity contribution < 1.29 is 4.33 Å². The van der Waals surface area contributed by atoms with E-state index in [-0.39, 0.29) is 6.56 Å². The molecule has 2 heteroatoms. The molecular formula is C9H8BO-. The van der Waals surface area contributed by atoms with Crippen LogP contribution in [0.15, 0.2) is 53.0 Å². The smallest absolute Gasteiger partial charge is 0.0741 e. The minimum atomic E-state index is 0.135. The van der Waals surface area contributed by atoms with Gasteiger partial charge in [-0.2, -0.15) is 5.46 Å². The van der Waals surface area contributed by atoms with Gasteiger partial charge in [-0.1, -0.05) is 36.4 Å². The molecule has 1 aromatic carbocycles. The van der Waals surface area contributed by atoms with E-state index in [4.69, 9.17) is 4.33 Å². The highest BCUT2D eigenvalue weighted by atomic mass is 16.3. The highest BCUT2D eigenvalue weighted by Crippen LogP contribution is 2.04. The van der Waals surface area contributed by atoms with Gasteiger partial charge in [0.25, 0.3) is 0 Å². The summed E-state index contributed by atoms with van der Waals surface area (Å²) in [6.07, 6.45) is 1.72. The molecule has 0 atom stereocenters. The van der Waals surface area contributed by atoms with Gasteiger partial charge in [-0.3, -0.25) is 0 Å². The number of rotatable bonds is 1. The molecule has 0 amide bonds. The molecule has 1 heterocycles. The lowest BCUT2D eigenvalue weighted by molar-refractivity contribution is 0.664. The molecule has 0 N–H and O–H groups in total. The van der Waals surface area contributed by atoms with Crippen LogP contribution in [-0.4, -0.2) is 6.56 Å². The third-order valence-electron chi connectivity index (χ3n) is 1.72. The largest absolute Gasteiger partial charge is 0.723 e. The van der Waals surface area contributed by atoms with Crippen LogP contribution in [0.2, 0.25) is 0 Å². The maximum Gasteiger partial charge on any atom is 0.0741 e. The molecule has 1 nitrogen and oxygen atoms in total. The minimum absolute atomic E-state index is 0.135. The standard InChI is InChI=1S/C9H8BO/c1-2-5-9(6-3-1)10-7-4-8-11-10/h1-8H/q-1. The van der Waals surface area contributed by atoms with E-state index in [0.717, 1.165) is 0 Å². The van der Waals surface area contributed by atoms with Gasteiger partial charge in [0.2, 0.25) is 0 Å². The molecule has 0 radical (unpaired) electrons. The molecule has 2 aromatic rings. The van der Waals surface area contributed by atoms with Gasteiger partial charge in [0.05, 0.1) is 6.56 Å². The molecule has 0 spiro atoms. The molecule has 0 unspecified atom stereocenters. The summed E-state index contributed by atoms with van der Waals surface area (Å²) in [5, 5.41) is 0. The van der Waals surface area contributed by atoms with Gasteiger partial charge in [0.15, 0.2) is 0 Å². The van der Waals surface area contributed by atoms with Crippen molar-refractivity contribution in [1.29, 1.82) is 0 Å². The zero-order chi connectivity index (χ0) is 7.52. The first-order chi connectivity index (χ1) is 5.47. The van der Waals surface area contributed by atoms with Crippen molar-refractivity contribution in [1.82, 2.24) is 0 Å². The van der Waals surface area contributed by atoms with Crippen molar-refractivity contribution in [2.45, 2.75) is 0 Å². The van der Waals surface area contributed by atoms with Gasteiger partial charge in [0.1, 0.15) is 0 Å². The highest BCUT2D eigenvalue weighted by molar-refractivity contribution is 6.56. The van der Waals surface area contributed by atoms with Gasteiger partial charge >= 0.3 is 0 Å². The first-order valence-corrected chi connectivity index (χ1v) is 3.67. The van der Waals surface area contributed by atoms with Crippen molar-refractivity contribution in [2.24, 2.45) is 0 Å². The third-order valence-corrected chi connectivity index (χ3v) is 1.72. The van der Waals surface area contributed by atoms with Crippen molar-refractivity contribution in [3.8, 4) is 5.46 Å². The van der Waals surface area contributed by atoms with E-state index < -0.39 is 0 Å². The molecule has 0 bridgehead atoms. The Bertz CT molecular complexity index is 313. The van der Waals surface area contributed by atoms with Crippen molar-refractivity contribution in [3.63, 3.8) is 0 Å². The molecule has 0 aliphatic rings. The van der Waals surface area contributed by atoms with E-state index in [0.29, 0.717) is 0 Å². The summed E-state index contributed by atoms with van der Waals surface area (Å²) >= 11 is 0. The molecular weight excluding hydrogens is 135 g/mol. The zero-order valence-corrected chi connectivity index (χ0v) is 6.10. The number of hydrogen-bond acceptors (Lipinski definition) is 1. The third kappa shape index (κ3) is 1.24. The molecule has 1 aromatic heterocycles. The Kier molecular flexibility index (Phi) is 1.60. The first-order valence-electron chi connectivity index (χ1n) is 3.67. The fourth-order valence-electron chi connectivity index (χ4n) is 1.15. The van der Waals surface area contributed by atoms with Gasteiger partial charge in [-0.15, -0.1) is 0 Å². The molecule has 0 saturated heterocycles. The van der Waals surface area contributed by atoms with Crippen LogP contribution in [0.25, 0.3) is 5.46 Å². The van der Waals surface area contributed by atoms with Gasteiger partial charge in [-0.05, 0) is 0 Å². The molecule has 54 valence electrons. The average Bonchev–Trinajstić information content (AvgIpc) is 2.58.